The van der Waals surface area contributed by atoms with Crippen molar-refractivity contribution in [1.29, 1.82) is 10.5 Å². The van der Waals surface area contributed by atoms with Gasteiger partial charge in [0.05, 0.1) is 40.8 Å². The Labute approximate surface area is 156 Å². The summed E-state index contributed by atoms with van der Waals surface area (Å²) in [4.78, 5) is 9.21. The highest BCUT2D eigenvalue weighted by Gasteiger charge is 2.13. The number of hydrogen-bond donors (Lipinski definition) is 0. The van der Waals surface area contributed by atoms with Gasteiger partial charge in [0, 0.05) is 24.5 Å². The monoisotopic (exact) mass is 352 g/mol. The molecule has 0 unspecified atom stereocenters. The van der Waals surface area contributed by atoms with E-state index in [0.717, 1.165) is 34.8 Å². The normalized spacial score (nSPS) is 10.6. The summed E-state index contributed by atoms with van der Waals surface area (Å²) in [7, 11) is 0. The Hall–Kier alpha value is -3.90. The third kappa shape index (κ3) is 2.94. The first-order valence-electron chi connectivity index (χ1n) is 8.64. The molecule has 0 saturated carbocycles. The van der Waals surface area contributed by atoms with Crippen molar-refractivity contribution in [1.82, 2.24) is 19.1 Å². The van der Waals surface area contributed by atoms with Gasteiger partial charge in [0.1, 0.15) is 11.6 Å². The molecule has 0 saturated heterocycles. The molecule has 0 radical (unpaired) electrons. The van der Waals surface area contributed by atoms with Crippen LogP contribution >= 0.6 is 0 Å². The molecule has 6 nitrogen and oxygen atoms in total. The van der Waals surface area contributed by atoms with Gasteiger partial charge in [0.25, 0.3) is 0 Å². The highest BCUT2D eigenvalue weighted by molar-refractivity contribution is 5.77. The first kappa shape index (κ1) is 16.6. The van der Waals surface area contributed by atoms with Crippen LogP contribution in [-0.2, 0) is 13.1 Å². The zero-order valence-electron chi connectivity index (χ0n) is 14.8. The van der Waals surface area contributed by atoms with Crippen molar-refractivity contribution in [2.45, 2.75) is 20.0 Å². The van der Waals surface area contributed by atoms with Crippen molar-refractivity contribution in [2.24, 2.45) is 0 Å². The number of nitrogens with zero attached hydrogens (tertiary/aromatic N) is 6. The van der Waals surface area contributed by atoms with Crippen LogP contribution in [0.15, 0.2) is 54.9 Å². The molecule has 0 atom stereocenters. The Balaban J connectivity index is 1.77. The summed E-state index contributed by atoms with van der Waals surface area (Å²) in [5.41, 5.74) is 3.93. The van der Waals surface area contributed by atoms with E-state index in [9.17, 15) is 0 Å². The molecule has 2 aromatic carbocycles. The molecule has 0 aliphatic heterocycles. The molecule has 130 valence electrons. The molecule has 0 aliphatic carbocycles. The number of imidazole rings is 2. The second kappa shape index (κ2) is 6.78. The lowest BCUT2D eigenvalue weighted by Crippen LogP contribution is -2.08. The van der Waals surface area contributed by atoms with Crippen molar-refractivity contribution in [3.05, 3.63) is 71.8 Å². The molecule has 27 heavy (non-hydrogen) atoms. The van der Waals surface area contributed by atoms with Crippen molar-refractivity contribution in [2.75, 3.05) is 0 Å². The number of nitriles is 2. The standard InChI is InChI=1S/C21H16N6/c1-2-27-19-7-6-16(13-23)11-18(19)25-20(27)14-26-9-8-24-21(26)17-5-3-4-15(10-17)12-22/h3-11H,2,14H2,1H3. The first-order valence-corrected chi connectivity index (χ1v) is 8.64. The van der Waals surface area contributed by atoms with E-state index in [1.807, 2.05) is 47.2 Å². The second-order valence-corrected chi connectivity index (χ2v) is 6.16. The maximum atomic E-state index is 9.14. The van der Waals surface area contributed by atoms with Gasteiger partial charge in [0.15, 0.2) is 0 Å². The predicted molar refractivity (Wildman–Crippen MR) is 102 cm³/mol. The predicted octanol–water partition coefficient (Wildman–Crippen LogP) is 3.71. The van der Waals surface area contributed by atoms with E-state index in [4.69, 9.17) is 15.5 Å². The van der Waals surface area contributed by atoms with Gasteiger partial charge < -0.3 is 9.13 Å². The molecule has 2 heterocycles. The number of aromatic nitrogens is 4. The summed E-state index contributed by atoms with van der Waals surface area (Å²) in [6.45, 7) is 3.41. The molecule has 0 spiro atoms. The maximum Gasteiger partial charge on any atom is 0.140 e. The smallest absolute Gasteiger partial charge is 0.140 e. The van der Waals surface area contributed by atoms with E-state index >= 15 is 0 Å². The Kier molecular flexibility index (Phi) is 4.16. The fourth-order valence-corrected chi connectivity index (χ4v) is 3.30. The summed E-state index contributed by atoms with van der Waals surface area (Å²) in [6.07, 6.45) is 3.66. The number of aryl methyl sites for hydroxylation is 1. The molecule has 2 aromatic heterocycles. The Bertz CT molecular complexity index is 1220. The molecule has 4 aromatic rings. The lowest BCUT2D eigenvalue weighted by Gasteiger charge is -2.10. The third-order valence-corrected chi connectivity index (χ3v) is 4.55. The van der Waals surface area contributed by atoms with E-state index in [-0.39, 0.29) is 0 Å². The van der Waals surface area contributed by atoms with E-state index in [0.29, 0.717) is 17.7 Å². The molecule has 0 fully saturated rings. The molecular formula is C21H16N6. The second-order valence-electron chi connectivity index (χ2n) is 6.16. The Morgan fingerprint density at radius 3 is 2.63 bits per heavy atom. The van der Waals surface area contributed by atoms with Crippen molar-refractivity contribution < 1.29 is 0 Å². The number of hydrogen-bond acceptors (Lipinski definition) is 4. The molecule has 0 bridgehead atoms. The maximum absolute atomic E-state index is 9.14. The molecule has 4 rings (SSSR count). The summed E-state index contributed by atoms with van der Waals surface area (Å²) >= 11 is 0. The minimum atomic E-state index is 0.552. The van der Waals surface area contributed by atoms with Gasteiger partial charge in [-0.25, -0.2) is 9.97 Å². The lowest BCUT2D eigenvalue weighted by molar-refractivity contribution is 0.667. The Morgan fingerprint density at radius 1 is 1.04 bits per heavy atom. The van der Waals surface area contributed by atoms with E-state index < -0.39 is 0 Å². The van der Waals surface area contributed by atoms with Crippen LogP contribution in [0.2, 0.25) is 0 Å². The van der Waals surface area contributed by atoms with Crippen LogP contribution in [0.1, 0.15) is 23.9 Å². The number of fused-ring (bicyclic) bond motifs is 1. The minimum absolute atomic E-state index is 0.552. The molecule has 6 heteroatoms. The van der Waals surface area contributed by atoms with Crippen molar-refractivity contribution in [3.8, 4) is 23.5 Å². The summed E-state index contributed by atoms with van der Waals surface area (Å²) in [6, 6.07) is 17.3. The summed E-state index contributed by atoms with van der Waals surface area (Å²) in [5.74, 6) is 1.69. The van der Waals surface area contributed by atoms with Gasteiger partial charge in [-0.3, -0.25) is 0 Å². The van der Waals surface area contributed by atoms with E-state index in [2.05, 4.69) is 28.6 Å². The average Bonchev–Trinajstić information content (AvgIpc) is 3.31. The largest absolute Gasteiger partial charge is 0.327 e. The van der Waals surface area contributed by atoms with Gasteiger partial charge in [-0.2, -0.15) is 10.5 Å². The first-order chi connectivity index (χ1) is 13.2. The quantitative estimate of drug-likeness (QED) is 0.560. The summed E-state index contributed by atoms with van der Waals surface area (Å²) < 4.78 is 4.17. The van der Waals surface area contributed by atoms with E-state index in [1.54, 1.807) is 12.3 Å². The van der Waals surface area contributed by atoms with Gasteiger partial charge in [-0.15, -0.1) is 0 Å². The highest BCUT2D eigenvalue weighted by Crippen LogP contribution is 2.22. The zero-order chi connectivity index (χ0) is 18.8. The molecular weight excluding hydrogens is 336 g/mol. The molecule has 0 N–H and O–H groups in total. The van der Waals surface area contributed by atoms with Crippen molar-refractivity contribution in [3.63, 3.8) is 0 Å². The van der Waals surface area contributed by atoms with Crippen LogP contribution < -0.4 is 0 Å². The molecule has 0 aliphatic rings. The SMILES string of the molecule is CCn1c(Cn2ccnc2-c2cccc(C#N)c2)nc2cc(C#N)ccc21. The topological polar surface area (TPSA) is 83.2 Å². The Morgan fingerprint density at radius 2 is 1.85 bits per heavy atom. The molecule has 0 amide bonds. The third-order valence-electron chi connectivity index (χ3n) is 4.55. The highest BCUT2D eigenvalue weighted by atomic mass is 15.1. The van der Waals surface area contributed by atoms with Gasteiger partial charge in [-0.05, 0) is 37.3 Å². The average molecular weight is 352 g/mol. The zero-order valence-corrected chi connectivity index (χ0v) is 14.8. The van der Waals surface area contributed by atoms with Gasteiger partial charge in [-0.1, -0.05) is 12.1 Å². The fourth-order valence-electron chi connectivity index (χ4n) is 3.30. The minimum Gasteiger partial charge on any atom is -0.327 e. The van der Waals surface area contributed by atoms with Crippen LogP contribution in [0, 0.1) is 22.7 Å². The van der Waals surface area contributed by atoms with Crippen molar-refractivity contribution >= 4 is 11.0 Å². The van der Waals surface area contributed by atoms with Crippen LogP contribution in [0.4, 0.5) is 0 Å². The van der Waals surface area contributed by atoms with Gasteiger partial charge in [0.2, 0.25) is 0 Å². The number of rotatable bonds is 4. The van der Waals surface area contributed by atoms with E-state index in [1.165, 1.54) is 0 Å². The van der Waals surface area contributed by atoms with Crippen LogP contribution in [0.5, 0.6) is 0 Å². The van der Waals surface area contributed by atoms with Crippen LogP contribution in [0.25, 0.3) is 22.4 Å². The lowest BCUT2D eigenvalue weighted by atomic mass is 10.1. The van der Waals surface area contributed by atoms with Crippen LogP contribution in [0.3, 0.4) is 0 Å². The fraction of sp³-hybridized carbons (Fsp3) is 0.143. The summed E-state index contributed by atoms with van der Waals surface area (Å²) in [5, 5.41) is 18.3. The van der Waals surface area contributed by atoms with Gasteiger partial charge >= 0.3 is 0 Å². The number of benzene rings is 2. The van der Waals surface area contributed by atoms with Crippen LogP contribution in [-0.4, -0.2) is 19.1 Å².